The van der Waals surface area contributed by atoms with Crippen LogP contribution >= 0.6 is 0 Å². The van der Waals surface area contributed by atoms with E-state index in [0.29, 0.717) is 10.8 Å². The second-order valence-electron chi connectivity index (χ2n) is 41.7. The Morgan fingerprint density at radius 2 is 0.589 bits per heavy atom. The minimum atomic E-state index is 0.151. The van der Waals surface area contributed by atoms with Crippen molar-refractivity contribution in [2.75, 3.05) is 0 Å². The summed E-state index contributed by atoms with van der Waals surface area (Å²) in [7, 11) is 0. The molecule has 1 aromatic heterocycles. The Morgan fingerprint density at radius 1 is 0.241 bits per heavy atom. The van der Waals surface area contributed by atoms with Crippen molar-refractivity contribution in [2.24, 2.45) is 0 Å². The van der Waals surface area contributed by atoms with Gasteiger partial charge in [0.2, 0.25) is 0 Å². The Bertz CT molecular complexity index is 5080. The van der Waals surface area contributed by atoms with Crippen LogP contribution in [0.3, 0.4) is 0 Å². The molecule has 1 nitrogen and oxygen atoms in total. The summed E-state index contributed by atoms with van der Waals surface area (Å²) in [6.45, 7) is 61.9. The van der Waals surface area contributed by atoms with Gasteiger partial charge in [-0.25, -0.2) is 0 Å². The molecule has 16 rings (SSSR count). The number of aryl methyl sites for hydroxylation is 6. The first-order valence-corrected chi connectivity index (χ1v) is 43.3. The van der Waals surface area contributed by atoms with Crippen LogP contribution in [-0.4, -0.2) is 4.57 Å². The van der Waals surface area contributed by atoms with Crippen LogP contribution in [0.15, 0.2) is 194 Å². The van der Waals surface area contributed by atoms with Gasteiger partial charge >= 0.3 is 0 Å². The van der Waals surface area contributed by atoms with Crippen LogP contribution in [0, 0.1) is 20.8 Å². The summed E-state index contributed by atoms with van der Waals surface area (Å²) in [4.78, 5) is 0. The van der Waals surface area contributed by atoms with Crippen molar-refractivity contribution in [3.63, 3.8) is 0 Å². The number of rotatable bonds is 0. The van der Waals surface area contributed by atoms with E-state index in [1.54, 1.807) is 61.2 Å². The lowest BCUT2D eigenvalue weighted by atomic mass is 9.71. The van der Waals surface area contributed by atoms with Gasteiger partial charge in [-0.2, -0.15) is 0 Å². The molecule has 0 aliphatic heterocycles. The third kappa shape index (κ3) is 20.9. The van der Waals surface area contributed by atoms with Crippen molar-refractivity contribution in [1.29, 1.82) is 0 Å². The summed E-state index contributed by atoms with van der Waals surface area (Å²) in [6.07, 6.45) is 21.5. The molecule has 4 aliphatic carbocycles. The van der Waals surface area contributed by atoms with E-state index >= 15 is 0 Å². The van der Waals surface area contributed by atoms with E-state index in [-0.39, 0.29) is 32.6 Å². The van der Waals surface area contributed by atoms with E-state index in [1.807, 2.05) is 0 Å². The monoisotopic (exact) mass is 1490 g/mol. The first-order valence-electron chi connectivity index (χ1n) is 43.3. The molecule has 12 aromatic rings. The maximum atomic E-state index is 2.57. The highest BCUT2D eigenvalue weighted by molar-refractivity contribution is 6.03. The van der Waals surface area contributed by atoms with Crippen LogP contribution in [0.5, 0.6) is 0 Å². The van der Waals surface area contributed by atoms with Crippen LogP contribution in [0.1, 0.15) is 318 Å². The number of para-hydroxylation sites is 1. The number of hydrogen-bond donors (Lipinski definition) is 0. The molecule has 0 saturated carbocycles. The van der Waals surface area contributed by atoms with Crippen LogP contribution in [0.2, 0.25) is 0 Å². The molecule has 0 radical (unpaired) electrons. The van der Waals surface area contributed by atoms with Gasteiger partial charge in [0.05, 0.1) is 0 Å². The average molecular weight is 1490 g/mol. The maximum Gasteiger partial charge on any atom is 0.0490 e. The molecular formula is C111H145N. The molecule has 0 amide bonds. The molecule has 0 N–H and O–H groups in total. The highest BCUT2D eigenvalue weighted by atomic mass is 15.1. The quantitative estimate of drug-likeness (QED) is 0.133. The normalized spacial score (nSPS) is 14.5. The van der Waals surface area contributed by atoms with E-state index in [2.05, 4.69) is 386 Å². The standard InChI is InChI=1S/C18H26.C18H22.C18H18.C15H24.C14H19N.C14H20.C14H16/c3*1-18(2,3)17-15-10-6-4-8-13(15)12-14-9-5-7-11-16(14)17;1-11-8-12(14(2,3)4)10-13(9-11)15(5,6)7;1-10-11(2)15(14(3,4)5)13-9-7-6-8-12(10)13;2*1-14(2,3)13-10-6-8-11-7-4-5-9-12(11)13/h12H,4-11H2,1-3H3;4,6,8,10,12H,5,7,9,11H2,1-3H3;4-12H,1-3H3;8-10H,1-7H3;6-9H,1-5H3;6,8,10H,4-5,7,9H2,1-3H3;4-10H,1-3H3. The van der Waals surface area contributed by atoms with Crippen molar-refractivity contribution in [3.05, 3.63) is 294 Å². The predicted octanol–water partition coefficient (Wildman–Crippen LogP) is 31.7. The molecule has 1 heteroatoms. The van der Waals surface area contributed by atoms with Gasteiger partial charge in [0.15, 0.2) is 0 Å². The van der Waals surface area contributed by atoms with Gasteiger partial charge in [-0.1, -0.05) is 333 Å². The minimum Gasteiger partial charge on any atom is -0.339 e. The average Bonchev–Trinajstić information content (AvgIpc) is 1.20. The minimum absolute atomic E-state index is 0.151. The van der Waals surface area contributed by atoms with Gasteiger partial charge < -0.3 is 4.57 Å². The Kier molecular flexibility index (Phi) is 27.0. The van der Waals surface area contributed by atoms with E-state index in [9.17, 15) is 0 Å². The molecule has 0 atom stereocenters. The van der Waals surface area contributed by atoms with Crippen molar-refractivity contribution in [3.8, 4) is 0 Å². The molecule has 11 aromatic carbocycles. The Hall–Kier alpha value is -8.00. The lowest BCUT2D eigenvalue weighted by Gasteiger charge is -2.34. The second kappa shape index (κ2) is 35.0. The molecule has 0 bridgehead atoms. The number of nitrogens with zero attached hydrogens (tertiary/aromatic N) is 1. The molecule has 0 saturated heterocycles. The van der Waals surface area contributed by atoms with Crippen LogP contribution in [-0.2, 0) is 94.8 Å². The fourth-order valence-corrected chi connectivity index (χ4v) is 18.7. The highest BCUT2D eigenvalue weighted by Crippen LogP contribution is 2.43. The van der Waals surface area contributed by atoms with Crippen molar-refractivity contribution < 1.29 is 0 Å². The zero-order valence-corrected chi connectivity index (χ0v) is 75.2. The molecule has 0 fully saturated rings. The molecule has 4 aliphatic rings. The summed E-state index contributed by atoms with van der Waals surface area (Å²) < 4.78 is 2.43. The van der Waals surface area contributed by atoms with Crippen molar-refractivity contribution >= 4 is 54.0 Å². The van der Waals surface area contributed by atoms with E-state index in [4.69, 9.17) is 0 Å². The van der Waals surface area contributed by atoms with Crippen molar-refractivity contribution in [2.45, 2.75) is 333 Å². The van der Waals surface area contributed by atoms with E-state index < -0.39 is 0 Å². The predicted molar refractivity (Wildman–Crippen MR) is 497 cm³/mol. The topological polar surface area (TPSA) is 4.93 Å². The number of aromatic nitrogens is 1. The lowest BCUT2D eigenvalue weighted by Crippen LogP contribution is -2.23. The summed E-state index contributed by atoms with van der Waals surface area (Å²) in [5, 5.41) is 12.4. The van der Waals surface area contributed by atoms with Gasteiger partial charge in [0.25, 0.3) is 0 Å². The first kappa shape index (κ1) is 86.4. The fourth-order valence-electron chi connectivity index (χ4n) is 18.7. The summed E-state index contributed by atoms with van der Waals surface area (Å²) in [6, 6.07) is 71.1. The summed E-state index contributed by atoms with van der Waals surface area (Å²) in [5.74, 6) is 0. The third-order valence-electron chi connectivity index (χ3n) is 24.1. The summed E-state index contributed by atoms with van der Waals surface area (Å²) in [5.41, 5.74) is 31.4. The third-order valence-corrected chi connectivity index (χ3v) is 24.1. The SMILES string of the molecule is CC(C)(C)c1c2c(cc3c1CCCC3)CCCC2.CC(C)(C)c1c2c(cc3ccccc13)CCCC2.CC(C)(C)c1c2ccccc2cc2ccccc12.CC(C)(C)c1cccc2c1CCCC2.CC(C)(C)c1cccc2ccccc12.Cc1c(C)n(C(C)(C)C)c2ccccc12.Cc1cc(C(C)(C)C)cc(C(C)(C)C)c1. The molecule has 0 spiro atoms. The van der Waals surface area contributed by atoms with Crippen LogP contribution < -0.4 is 0 Å². The van der Waals surface area contributed by atoms with Gasteiger partial charge in [0, 0.05) is 22.1 Å². The Labute approximate surface area is 681 Å². The summed E-state index contributed by atoms with van der Waals surface area (Å²) >= 11 is 0. The lowest BCUT2D eigenvalue weighted by molar-refractivity contribution is 0.402. The Balaban J connectivity index is 0.000000139. The van der Waals surface area contributed by atoms with Gasteiger partial charge in [0.1, 0.15) is 0 Å². The Morgan fingerprint density at radius 3 is 1.04 bits per heavy atom. The van der Waals surface area contributed by atoms with Gasteiger partial charge in [-0.3, -0.25) is 0 Å². The van der Waals surface area contributed by atoms with E-state index in [1.165, 1.54) is 196 Å². The van der Waals surface area contributed by atoms with Gasteiger partial charge in [-0.05, 0) is 326 Å². The molecular weight excluding hydrogens is 1350 g/mol. The zero-order valence-electron chi connectivity index (χ0n) is 75.2. The van der Waals surface area contributed by atoms with Crippen LogP contribution in [0.25, 0.3) is 54.0 Å². The number of hydrogen-bond acceptors (Lipinski definition) is 0. The zero-order chi connectivity index (χ0) is 81.7. The second-order valence-corrected chi connectivity index (χ2v) is 41.7. The smallest absolute Gasteiger partial charge is 0.0490 e. The first-order chi connectivity index (χ1) is 52.4. The van der Waals surface area contributed by atoms with Gasteiger partial charge in [-0.15, -0.1) is 0 Å². The largest absolute Gasteiger partial charge is 0.339 e. The fraction of sp³-hybridized carbons (Fsp3) is 0.459. The molecule has 0 unspecified atom stereocenters. The number of benzene rings is 11. The molecule has 112 heavy (non-hydrogen) atoms. The van der Waals surface area contributed by atoms with E-state index in [0.717, 1.165) is 0 Å². The highest BCUT2D eigenvalue weighted by Gasteiger charge is 2.31. The molecule has 594 valence electrons. The molecule has 1 heterocycles. The van der Waals surface area contributed by atoms with Crippen LogP contribution in [0.4, 0.5) is 0 Å². The number of fused-ring (bicyclic) bond motifs is 9. The van der Waals surface area contributed by atoms with Crippen molar-refractivity contribution in [1.82, 2.24) is 4.57 Å². The maximum absolute atomic E-state index is 2.57.